The Hall–Kier alpha value is -3.84. The summed E-state index contributed by atoms with van der Waals surface area (Å²) in [6, 6.07) is 16.1. The van der Waals surface area contributed by atoms with Gasteiger partial charge >= 0.3 is 0 Å². The Labute approximate surface area is 202 Å². The van der Waals surface area contributed by atoms with Crippen LogP contribution in [0.4, 0.5) is 0 Å². The molecule has 3 aliphatic heterocycles. The number of ketones is 1. The molecular weight excluding hydrogens is 444 g/mol. The van der Waals surface area contributed by atoms with E-state index in [1.165, 1.54) is 0 Å². The summed E-state index contributed by atoms with van der Waals surface area (Å²) in [6.07, 6.45) is 2.77. The van der Waals surface area contributed by atoms with Gasteiger partial charge in [0.1, 0.15) is 17.2 Å². The number of carbonyl (C=O) groups is 1. The van der Waals surface area contributed by atoms with Crippen LogP contribution in [-0.4, -0.2) is 40.6 Å². The van der Waals surface area contributed by atoms with Crippen LogP contribution in [0.3, 0.4) is 0 Å². The fraction of sp³-hybridized carbons (Fsp3) is 0.286. The smallest absolute Gasteiger partial charge is 0.250 e. The van der Waals surface area contributed by atoms with E-state index < -0.39 is 0 Å². The lowest BCUT2D eigenvalue weighted by Gasteiger charge is -2.42. The van der Waals surface area contributed by atoms with Gasteiger partial charge in [0.25, 0.3) is 5.56 Å². The largest absolute Gasteiger partial charge is 0.507 e. The van der Waals surface area contributed by atoms with E-state index in [1.807, 2.05) is 41.0 Å². The fourth-order valence-corrected chi connectivity index (χ4v) is 5.65. The van der Waals surface area contributed by atoms with Gasteiger partial charge in [-0.15, -0.1) is 0 Å². The van der Waals surface area contributed by atoms with E-state index in [1.54, 1.807) is 31.4 Å². The fourth-order valence-electron chi connectivity index (χ4n) is 5.65. The number of phenolic OH excluding ortho intramolecular Hbond substituents is 1. The number of hydrogen-bond donors (Lipinski definition) is 1. The number of phenols is 1. The highest BCUT2D eigenvalue weighted by Gasteiger charge is 2.36. The van der Waals surface area contributed by atoms with Crippen LogP contribution >= 0.6 is 0 Å². The predicted molar refractivity (Wildman–Crippen MR) is 131 cm³/mol. The summed E-state index contributed by atoms with van der Waals surface area (Å²) in [5, 5.41) is 10.7. The summed E-state index contributed by atoms with van der Waals surface area (Å²) < 4.78 is 13.2. The lowest BCUT2D eigenvalue weighted by molar-refractivity contribution is 0.101. The number of aromatic nitrogens is 1. The van der Waals surface area contributed by atoms with Gasteiger partial charge < -0.3 is 19.1 Å². The molecule has 178 valence electrons. The molecule has 35 heavy (non-hydrogen) atoms. The highest BCUT2D eigenvalue weighted by atomic mass is 16.5. The third-order valence-corrected chi connectivity index (χ3v) is 7.27. The Morgan fingerprint density at radius 1 is 1.06 bits per heavy atom. The first-order chi connectivity index (χ1) is 17.0. The van der Waals surface area contributed by atoms with Crippen molar-refractivity contribution in [2.75, 3.05) is 20.2 Å². The molecule has 4 heterocycles. The van der Waals surface area contributed by atoms with E-state index in [2.05, 4.69) is 4.90 Å². The minimum Gasteiger partial charge on any atom is -0.507 e. The number of aromatic hydroxyl groups is 1. The van der Waals surface area contributed by atoms with Gasteiger partial charge in [-0.05, 0) is 54.3 Å². The maximum absolute atomic E-state index is 13.1. The quantitative estimate of drug-likeness (QED) is 0.585. The summed E-state index contributed by atoms with van der Waals surface area (Å²) >= 11 is 0. The van der Waals surface area contributed by atoms with Crippen molar-refractivity contribution >= 4 is 11.9 Å². The third-order valence-electron chi connectivity index (χ3n) is 7.27. The summed E-state index contributed by atoms with van der Waals surface area (Å²) in [5.74, 6) is 1.97. The Kier molecular flexibility index (Phi) is 5.22. The van der Waals surface area contributed by atoms with E-state index in [0.29, 0.717) is 35.9 Å². The topological polar surface area (TPSA) is 81.0 Å². The first-order valence-electron chi connectivity index (χ1n) is 11.9. The lowest BCUT2D eigenvalue weighted by atomic mass is 9.83. The van der Waals surface area contributed by atoms with Crippen molar-refractivity contribution in [1.29, 1.82) is 0 Å². The van der Waals surface area contributed by atoms with Crippen LogP contribution < -0.4 is 15.0 Å². The lowest BCUT2D eigenvalue weighted by Crippen LogP contribution is -2.46. The van der Waals surface area contributed by atoms with Gasteiger partial charge in [0.05, 0.1) is 18.2 Å². The number of piperidine rings is 1. The summed E-state index contributed by atoms with van der Waals surface area (Å²) in [5.41, 5.74) is 3.06. The molecule has 3 aliphatic rings. The Morgan fingerprint density at radius 3 is 2.69 bits per heavy atom. The number of fused-ring (bicyclic) bond motifs is 5. The van der Waals surface area contributed by atoms with Gasteiger partial charge in [0.2, 0.25) is 5.78 Å². The van der Waals surface area contributed by atoms with Crippen LogP contribution in [0.1, 0.15) is 39.5 Å². The van der Waals surface area contributed by atoms with Crippen molar-refractivity contribution in [3.05, 3.63) is 93.1 Å². The standard InChI is InChI=1S/C28H26N2O5/c1-34-20-7-5-17(6-8-20)12-25-27(33)21-9-10-24(31)22(28(21)35-25)16-29-13-18-11-19(15-29)23-3-2-4-26(32)30(23)14-18/h2-10,12,18-19,31H,11,13-16H2,1H3. The first-order valence-corrected chi connectivity index (χ1v) is 11.9. The zero-order valence-electron chi connectivity index (χ0n) is 19.4. The van der Waals surface area contributed by atoms with Crippen molar-refractivity contribution in [2.45, 2.75) is 25.4 Å². The van der Waals surface area contributed by atoms with Crippen molar-refractivity contribution in [1.82, 2.24) is 9.47 Å². The van der Waals surface area contributed by atoms with Crippen LogP contribution in [0, 0.1) is 5.92 Å². The number of likely N-dealkylation sites (tertiary alicyclic amines) is 1. The summed E-state index contributed by atoms with van der Waals surface area (Å²) in [6.45, 7) is 2.79. The number of pyridine rings is 1. The van der Waals surface area contributed by atoms with Gasteiger partial charge in [-0.1, -0.05) is 18.2 Å². The van der Waals surface area contributed by atoms with E-state index in [0.717, 1.165) is 36.5 Å². The Bertz CT molecular complexity index is 1410. The molecule has 2 aromatic carbocycles. The van der Waals surface area contributed by atoms with Crippen molar-refractivity contribution in [3.8, 4) is 17.2 Å². The van der Waals surface area contributed by atoms with E-state index in [4.69, 9.17) is 9.47 Å². The summed E-state index contributed by atoms with van der Waals surface area (Å²) in [7, 11) is 1.61. The maximum atomic E-state index is 13.1. The molecule has 2 atom stereocenters. The second kappa shape index (κ2) is 8.43. The molecule has 7 heteroatoms. The Morgan fingerprint density at radius 2 is 1.89 bits per heavy atom. The molecule has 0 saturated carbocycles. The highest BCUT2D eigenvalue weighted by Crippen LogP contribution is 2.42. The first kappa shape index (κ1) is 21.7. The molecule has 3 aromatic rings. The predicted octanol–water partition coefficient (Wildman–Crippen LogP) is 3.80. The zero-order chi connectivity index (χ0) is 24.1. The molecule has 7 nitrogen and oxygen atoms in total. The van der Waals surface area contributed by atoms with Crippen molar-refractivity contribution < 1.29 is 19.4 Å². The van der Waals surface area contributed by atoms with Gasteiger partial charge in [-0.3, -0.25) is 14.5 Å². The number of nitrogens with zero attached hydrogens (tertiary/aromatic N) is 2. The molecule has 0 radical (unpaired) electrons. The average molecular weight is 471 g/mol. The van der Waals surface area contributed by atoms with Crippen LogP contribution in [0.5, 0.6) is 17.2 Å². The van der Waals surface area contributed by atoms with Crippen LogP contribution in [0.25, 0.3) is 6.08 Å². The van der Waals surface area contributed by atoms with Gasteiger partial charge in [0, 0.05) is 43.9 Å². The van der Waals surface area contributed by atoms with Gasteiger partial charge in [0.15, 0.2) is 5.76 Å². The minimum absolute atomic E-state index is 0.0623. The highest BCUT2D eigenvalue weighted by molar-refractivity contribution is 6.15. The molecule has 1 saturated heterocycles. The maximum Gasteiger partial charge on any atom is 0.250 e. The molecule has 6 rings (SSSR count). The molecule has 1 N–H and O–H groups in total. The summed E-state index contributed by atoms with van der Waals surface area (Å²) in [4.78, 5) is 27.7. The zero-order valence-corrected chi connectivity index (χ0v) is 19.4. The number of hydrogen-bond acceptors (Lipinski definition) is 6. The number of Topliss-reactive ketones (excluding diaryl/α,β-unsaturated/α-hetero) is 1. The van der Waals surface area contributed by atoms with Crippen LogP contribution in [0.15, 0.2) is 65.2 Å². The second-order valence-corrected chi connectivity index (χ2v) is 9.55. The van der Waals surface area contributed by atoms with Gasteiger partial charge in [-0.25, -0.2) is 0 Å². The molecule has 1 fully saturated rings. The Balaban J connectivity index is 1.27. The van der Waals surface area contributed by atoms with Crippen LogP contribution in [-0.2, 0) is 13.1 Å². The molecule has 2 unspecified atom stereocenters. The van der Waals surface area contributed by atoms with E-state index >= 15 is 0 Å². The molecule has 0 aliphatic carbocycles. The van der Waals surface area contributed by atoms with Gasteiger partial charge in [-0.2, -0.15) is 0 Å². The number of carbonyl (C=O) groups excluding carboxylic acids is 1. The monoisotopic (exact) mass is 470 g/mol. The molecule has 1 aromatic heterocycles. The number of ether oxygens (including phenoxy) is 2. The SMILES string of the molecule is COc1ccc(C=C2Oc3c(ccc(O)c3CN3CC4CC(C3)c3cccc(=O)n3C4)C2=O)cc1. The van der Waals surface area contributed by atoms with Crippen molar-refractivity contribution in [3.63, 3.8) is 0 Å². The van der Waals surface area contributed by atoms with Crippen LogP contribution in [0.2, 0.25) is 0 Å². The van der Waals surface area contributed by atoms with Crippen molar-refractivity contribution in [2.24, 2.45) is 5.92 Å². The average Bonchev–Trinajstić information content (AvgIpc) is 3.17. The molecule has 0 spiro atoms. The number of benzene rings is 2. The van der Waals surface area contributed by atoms with E-state index in [9.17, 15) is 14.7 Å². The second-order valence-electron chi connectivity index (χ2n) is 9.55. The number of rotatable bonds is 4. The third kappa shape index (κ3) is 3.82. The molecule has 2 bridgehead atoms. The number of allylic oxidation sites excluding steroid dienone is 1. The molecule has 0 amide bonds. The minimum atomic E-state index is -0.194. The number of methoxy groups -OCH3 is 1. The molecular formula is C28H26N2O5. The normalized spacial score (nSPS) is 22.0. The van der Waals surface area contributed by atoms with E-state index in [-0.39, 0.29) is 28.8 Å².